The standard InChI is InChI=1S/C22H21N3O4/c1-15-7-9-16(10-8-15)17-13-19(20-6-4-12-28-20)25(23-17)21(26)14-29-22(27)18-5-3-11-24(18)2/h3-12,19H,13-14H2,1-2H3/t19-/m0/s1. The summed E-state index contributed by atoms with van der Waals surface area (Å²) in [6.45, 7) is 1.62. The Labute approximate surface area is 168 Å². The van der Waals surface area contributed by atoms with Crippen LogP contribution < -0.4 is 0 Å². The highest BCUT2D eigenvalue weighted by atomic mass is 16.5. The topological polar surface area (TPSA) is 77.0 Å². The molecule has 0 spiro atoms. The number of rotatable bonds is 5. The zero-order chi connectivity index (χ0) is 20.4. The Morgan fingerprint density at radius 1 is 1.17 bits per heavy atom. The van der Waals surface area contributed by atoms with Gasteiger partial charge in [0.15, 0.2) is 6.61 Å². The van der Waals surface area contributed by atoms with Crippen molar-refractivity contribution in [2.24, 2.45) is 12.1 Å². The van der Waals surface area contributed by atoms with Gasteiger partial charge in [-0.2, -0.15) is 5.10 Å². The van der Waals surface area contributed by atoms with Gasteiger partial charge in [0.05, 0.1) is 12.0 Å². The molecule has 0 radical (unpaired) electrons. The highest BCUT2D eigenvalue weighted by molar-refractivity contribution is 6.03. The van der Waals surface area contributed by atoms with Crippen LogP contribution >= 0.6 is 0 Å². The number of ether oxygens (including phenoxy) is 1. The van der Waals surface area contributed by atoms with E-state index in [2.05, 4.69) is 5.10 Å². The largest absolute Gasteiger partial charge is 0.467 e. The van der Waals surface area contributed by atoms with E-state index in [1.807, 2.05) is 37.3 Å². The van der Waals surface area contributed by atoms with Gasteiger partial charge in [0.1, 0.15) is 17.5 Å². The van der Waals surface area contributed by atoms with Crippen molar-refractivity contribution in [3.63, 3.8) is 0 Å². The molecule has 4 rings (SSSR count). The molecule has 7 heteroatoms. The number of amides is 1. The first-order valence-electron chi connectivity index (χ1n) is 9.31. The molecule has 3 aromatic rings. The van der Waals surface area contributed by atoms with Gasteiger partial charge in [-0.3, -0.25) is 4.79 Å². The molecule has 0 fully saturated rings. The molecule has 1 amide bonds. The predicted molar refractivity (Wildman–Crippen MR) is 106 cm³/mol. The lowest BCUT2D eigenvalue weighted by molar-refractivity contribution is -0.136. The first-order valence-corrected chi connectivity index (χ1v) is 9.31. The van der Waals surface area contributed by atoms with Gasteiger partial charge in [-0.25, -0.2) is 9.80 Å². The molecular formula is C22H21N3O4. The minimum absolute atomic E-state index is 0.373. The molecule has 0 aliphatic carbocycles. The Morgan fingerprint density at radius 2 is 1.97 bits per heavy atom. The second-order valence-corrected chi connectivity index (χ2v) is 6.97. The molecule has 148 valence electrons. The molecule has 0 N–H and O–H groups in total. The van der Waals surface area contributed by atoms with E-state index in [1.165, 1.54) is 5.01 Å². The highest BCUT2D eigenvalue weighted by Crippen LogP contribution is 2.33. The highest BCUT2D eigenvalue weighted by Gasteiger charge is 2.35. The molecule has 0 saturated carbocycles. The Balaban J connectivity index is 1.52. The first-order chi connectivity index (χ1) is 14.0. The molecule has 0 unspecified atom stereocenters. The fourth-order valence-corrected chi connectivity index (χ4v) is 3.30. The SMILES string of the molecule is Cc1ccc(C2=NN(C(=O)COC(=O)c3cccn3C)[C@H](c3ccco3)C2)cc1. The van der Waals surface area contributed by atoms with E-state index >= 15 is 0 Å². The van der Waals surface area contributed by atoms with Crippen LogP contribution in [0.1, 0.15) is 39.8 Å². The summed E-state index contributed by atoms with van der Waals surface area (Å²) < 4.78 is 12.4. The van der Waals surface area contributed by atoms with Crippen molar-refractivity contribution in [2.45, 2.75) is 19.4 Å². The van der Waals surface area contributed by atoms with E-state index in [4.69, 9.17) is 9.15 Å². The molecule has 1 aliphatic heterocycles. The van der Waals surface area contributed by atoms with Crippen LogP contribution in [0.4, 0.5) is 0 Å². The van der Waals surface area contributed by atoms with Crippen LogP contribution in [0.2, 0.25) is 0 Å². The van der Waals surface area contributed by atoms with Crippen molar-refractivity contribution in [3.8, 4) is 0 Å². The number of hydrazone groups is 1. The summed E-state index contributed by atoms with van der Waals surface area (Å²) in [6.07, 6.45) is 3.83. The lowest BCUT2D eigenvalue weighted by Crippen LogP contribution is -2.31. The minimum Gasteiger partial charge on any atom is -0.467 e. The third-order valence-electron chi connectivity index (χ3n) is 4.90. The van der Waals surface area contributed by atoms with E-state index in [-0.39, 0.29) is 6.04 Å². The van der Waals surface area contributed by atoms with Crippen LogP contribution in [-0.4, -0.2) is 33.8 Å². The second-order valence-electron chi connectivity index (χ2n) is 6.97. The van der Waals surface area contributed by atoms with E-state index in [1.54, 1.807) is 42.3 Å². The summed E-state index contributed by atoms with van der Waals surface area (Å²) in [4.78, 5) is 25.0. The van der Waals surface area contributed by atoms with Crippen molar-refractivity contribution in [1.82, 2.24) is 9.58 Å². The number of hydrogen-bond acceptors (Lipinski definition) is 5. The zero-order valence-corrected chi connectivity index (χ0v) is 16.2. The van der Waals surface area contributed by atoms with Gasteiger partial charge in [-0.15, -0.1) is 0 Å². The lowest BCUT2D eigenvalue weighted by Gasteiger charge is -2.19. The van der Waals surface area contributed by atoms with Crippen LogP contribution in [0.15, 0.2) is 70.5 Å². The van der Waals surface area contributed by atoms with Crippen LogP contribution in [0.3, 0.4) is 0 Å². The van der Waals surface area contributed by atoms with Gasteiger partial charge in [-0.1, -0.05) is 29.8 Å². The minimum atomic E-state index is -0.553. The summed E-state index contributed by atoms with van der Waals surface area (Å²) in [5.41, 5.74) is 3.26. The van der Waals surface area contributed by atoms with Crippen LogP contribution in [0.25, 0.3) is 0 Å². The Hall–Kier alpha value is -3.61. The van der Waals surface area contributed by atoms with Crippen molar-refractivity contribution in [1.29, 1.82) is 0 Å². The molecule has 29 heavy (non-hydrogen) atoms. The summed E-state index contributed by atoms with van der Waals surface area (Å²) in [6, 6.07) is 14.6. The molecular weight excluding hydrogens is 370 g/mol. The van der Waals surface area contributed by atoms with Crippen molar-refractivity contribution >= 4 is 17.6 Å². The fourth-order valence-electron chi connectivity index (χ4n) is 3.30. The molecule has 0 bridgehead atoms. The molecule has 1 aromatic carbocycles. The van der Waals surface area contributed by atoms with Gasteiger partial charge >= 0.3 is 5.97 Å². The predicted octanol–water partition coefficient (Wildman–Crippen LogP) is 3.46. The maximum atomic E-state index is 12.8. The first kappa shape index (κ1) is 18.7. The van der Waals surface area contributed by atoms with E-state index in [9.17, 15) is 9.59 Å². The maximum absolute atomic E-state index is 12.8. The maximum Gasteiger partial charge on any atom is 0.355 e. The van der Waals surface area contributed by atoms with Crippen molar-refractivity contribution in [2.75, 3.05) is 6.61 Å². The van der Waals surface area contributed by atoms with Gasteiger partial charge in [0.2, 0.25) is 0 Å². The molecule has 3 heterocycles. The normalized spacial score (nSPS) is 16.0. The lowest BCUT2D eigenvalue weighted by atomic mass is 10.0. The molecule has 1 atom stereocenters. The molecule has 1 aliphatic rings. The monoisotopic (exact) mass is 391 g/mol. The van der Waals surface area contributed by atoms with Crippen LogP contribution in [-0.2, 0) is 16.6 Å². The number of furan rings is 1. The summed E-state index contributed by atoms with van der Waals surface area (Å²) >= 11 is 0. The Bertz CT molecular complexity index is 1050. The number of esters is 1. The van der Waals surface area contributed by atoms with Crippen LogP contribution in [0, 0.1) is 6.92 Å². The summed E-state index contributed by atoms with van der Waals surface area (Å²) in [7, 11) is 1.74. The Kier molecular flexibility index (Phi) is 5.03. The van der Waals surface area contributed by atoms with Crippen LogP contribution in [0.5, 0.6) is 0 Å². The smallest absolute Gasteiger partial charge is 0.355 e. The summed E-state index contributed by atoms with van der Waals surface area (Å²) in [5.74, 6) is -0.323. The third kappa shape index (κ3) is 3.85. The number of nitrogens with zero attached hydrogens (tertiary/aromatic N) is 3. The quantitative estimate of drug-likeness (QED) is 0.624. The number of hydrogen-bond donors (Lipinski definition) is 0. The number of carbonyl (C=O) groups excluding carboxylic acids is 2. The average Bonchev–Trinajstić information content (AvgIpc) is 3.46. The third-order valence-corrected chi connectivity index (χ3v) is 4.90. The van der Waals surface area contributed by atoms with Gasteiger partial charge in [-0.05, 0) is 36.8 Å². The second kappa shape index (κ2) is 7.79. The van der Waals surface area contributed by atoms with Crippen molar-refractivity contribution in [3.05, 3.63) is 83.6 Å². The van der Waals surface area contributed by atoms with E-state index in [0.717, 1.165) is 16.8 Å². The Morgan fingerprint density at radius 3 is 2.62 bits per heavy atom. The zero-order valence-electron chi connectivity index (χ0n) is 16.2. The van der Waals surface area contributed by atoms with Crippen molar-refractivity contribution < 1.29 is 18.7 Å². The number of aryl methyl sites for hydroxylation is 2. The number of carbonyl (C=O) groups is 2. The number of benzene rings is 1. The van der Waals surface area contributed by atoms with Gasteiger partial charge in [0, 0.05) is 19.7 Å². The average molecular weight is 391 g/mol. The van der Waals surface area contributed by atoms with E-state index in [0.29, 0.717) is 17.9 Å². The van der Waals surface area contributed by atoms with Gasteiger partial charge < -0.3 is 13.7 Å². The van der Waals surface area contributed by atoms with Gasteiger partial charge in [0.25, 0.3) is 5.91 Å². The number of aromatic nitrogens is 1. The molecule has 0 saturated heterocycles. The molecule has 7 nitrogen and oxygen atoms in total. The summed E-state index contributed by atoms with van der Waals surface area (Å²) in [5, 5.41) is 5.88. The van der Waals surface area contributed by atoms with E-state index < -0.39 is 18.5 Å². The molecule has 2 aromatic heterocycles. The fraction of sp³-hybridized carbons (Fsp3) is 0.227.